The van der Waals surface area contributed by atoms with Gasteiger partial charge >= 0.3 is 0 Å². The first kappa shape index (κ1) is 20.9. The van der Waals surface area contributed by atoms with Crippen molar-refractivity contribution < 1.29 is 23.8 Å². The molecule has 1 aromatic heterocycles. The summed E-state index contributed by atoms with van der Waals surface area (Å²) in [4.78, 5) is 27.3. The lowest BCUT2D eigenvalue weighted by atomic mass is 9.85. The van der Waals surface area contributed by atoms with Gasteiger partial charge < -0.3 is 19.2 Å². The van der Waals surface area contributed by atoms with Crippen LogP contribution in [0.4, 0.5) is 0 Å². The van der Waals surface area contributed by atoms with Crippen molar-refractivity contribution in [2.75, 3.05) is 20.3 Å². The van der Waals surface area contributed by atoms with Crippen molar-refractivity contribution in [3.8, 4) is 0 Å². The van der Waals surface area contributed by atoms with Crippen molar-refractivity contribution in [2.45, 2.75) is 38.6 Å². The van der Waals surface area contributed by atoms with Crippen LogP contribution in [0.1, 0.15) is 54.9 Å². The van der Waals surface area contributed by atoms with Crippen LogP contribution in [-0.4, -0.2) is 42.0 Å². The normalized spacial score (nSPS) is 17.3. The first-order chi connectivity index (χ1) is 13.8. The lowest BCUT2D eigenvalue weighted by molar-refractivity contribution is -0.129. The van der Waals surface area contributed by atoms with Crippen LogP contribution < -0.4 is 0 Å². The number of nitrogens with zero attached hydrogens (tertiary/aromatic N) is 1. The Bertz CT molecular complexity index is 904. The number of hydrogen-bond donors (Lipinski definition) is 1. The van der Waals surface area contributed by atoms with E-state index in [-0.39, 0.29) is 16.7 Å². The van der Waals surface area contributed by atoms with Gasteiger partial charge in [-0.2, -0.15) is 0 Å². The summed E-state index contributed by atoms with van der Waals surface area (Å²) in [5.74, 6) is -1.47. The summed E-state index contributed by atoms with van der Waals surface area (Å²) in [5.41, 5.74) is 1.93. The summed E-state index contributed by atoms with van der Waals surface area (Å²) in [6, 6.07) is 10.3. The third-order valence-corrected chi connectivity index (χ3v) is 5.13. The van der Waals surface area contributed by atoms with E-state index in [1.165, 1.54) is 17.2 Å². The van der Waals surface area contributed by atoms with E-state index in [2.05, 4.69) is 20.8 Å². The van der Waals surface area contributed by atoms with Gasteiger partial charge in [-0.05, 0) is 35.1 Å². The number of rotatable bonds is 7. The summed E-state index contributed by atoms with van der Waals surface area (Å²) in [5, 5.41) is 10.6. The number of hydrogen-bond acceptors (Lipinski definition) is 5. The second-order valence-electron chi connectivity index (χ2n) is 8.19. The van der Waals surface area contributed by atoms with Gasteiger partial charge in [-0.25, -0.2) is 0 Å². The second kappa shape index (κ2) is 8.25. The number of ether oxygens (including phenoxy) is 1. The van der Waals surface area contributed by atoms with Gasteiger partial charge in [-0.1, -0.05) is 45.0 Å². The van der Waals surface area contributed by atoms with E-state index in [1.807, 2.05) is 24.3 Å². The number of aliphatic hydroxyl groups is 1. The second-order valence-corrected chi connectivity index (χ2v) is 8.19. The predicted octanol–water partition coefficient (Wildman–Crippen LogP) is 4.19. The third-order valence-electron chi connectivity index (χ3n) is 5.13. The van der Waals surface area contributed by atoms with E-state index in [0.29, 0.717) is 19.6 Å². The highest BCUT2D eigenvalue weighted by Gasteiger charge is 2.44. The number of carbonyl (C=O) groups is 2. The van der Waals surface area contributed by atoms with Crippen molar-refractivity contribution in [3.05, 3.63) is 70.9 Å². The molecular weight excluding hydrogens is 370 g/mol. The zero-order chi connectivity index (χ0) is 21.2. The van der Waals surface area contributed by atoms with Crippen LogP contribution in [0.3, 0.4) is 0 Å². The Morgan fingerprint density at radius 1 is 1.21 bits per heavy atom. The van der Waals surface area contributed by atoms with Crippen molar-refractivity contribution in [1.29, 1.82) is 0 Å². The Morgan fingerprint density at radius 2 is 1.90 bits per heavy atom. The highest BCUT2D eigenvalue weighted by Crippen LogP contribution is 2.39. The molecule has 154 valence electrons. The Morgan fingerprint density at radius 3 is 2.45 bits per heavy atom. The van der Waals surface area contributed by atoms with Gasteiger partial charge in [0.2, 0.25) is 5.78 Å². The SMILES string of the molecule is COCCCN1C(=O)C(O)=C(C(=O)c2ccco2)[C@H]1c1ccc(C(C)(C)C)cc1. The van der Waals surface area contributed by atoms with Crippen LogP contribution >= 0.6 is 0 Å². The highest BCUT2D eigenvalue weighted by atomic mass is 16.5. The maximum atomic E-state index is 13.0. The van der Waals surface area contributed by atoms with E-state index >= 15 is 0 Å². The quantitative estimate of drug-likeness (QED) is 0.560. The molecule has 0 unspecified atom stereocenters. The number of ketones is 1. The molecule has 2 aromatic rings. The number of methoxy groups -OCH3 is 1. The Labute approximate surface area is 170 Å². The molecule has 1 aromatic carbocycles. The maximum Gasteiger partial charge on any atom is 0.290 e. The van der Waals surface area contributed by atoms with Gasteiger partial charge in [0.15, 0.2) is 11.5 Å². The molecule has 1 aliphatic rings. The van der Waals surface area contributed by atoms with E-state index in [4.69, 9.17) is 9.15 Å². The summed E-state index contributed by atoms with van der Waals surface area (Å²) < 4.78 is 10.3. The van der Waals surface area contributed by atoms with Crippen molar-refractivity contribution in [2.24, 2.45) is 0 Å². The van der Waals surface area contributed by atoms with Gasteiger partial charge in [0.05, 0.1) is 17.9 Å². The van der Waals surface area contributed by atoms with Crippen LogP contribution in [0.15, 0.2) is 58.4 Å². The minimum Gasteiger partial charge on any atom is -0.503 e. The van der Waals surface area contributed by atoms with Gasteiger partial charge in [-0.15, -0.1) is 0 Å². The molecule has 0 spiro atoms. The fourth-order valence-corrected chi connectivity index (χ4v) is 3.55. The maximum absolute atomic E-state index is 13.0. The largest absolute Gasteiger partial charge is 0.503 e. The van der Waals surface area contributed by atoms with Crippen LogP contribution in [0.5, 0.6) is 0 Å². The van der Waals surface area contributed by atoms with Crippen LogP contribution in [0, 0.1) is 0 Å². The smallest absolute Gasteiger partial charge is 0.290 e. The molecule has 6 nitrogen and oxygen atoms in total. The molecule has 0 fully saturated rings. The Hall–Kier alpha value is -2.86. The first-order valence-electron chi connectivity index (χ1n) is 9.67. The molecule has 0 radical (unpaired) electrons. The number of aliphatic hydroxyl groups excluding tert-OH is 1. The molecule has 0 saturated carbocycles. The third kappa shape index (κ3) is 4.12. The van der Waals surface area contributed by atoms with E-state index in [0.717, 1.165) is 11.1 Å². The van der Waals surface area contributed by atoms with Gasteiger partial charge in [0.25, 0.3) is 5.91 Å². The molecule has 6 heteroatoms. The molecule has 1 N–H and O–H groups in total. The molecule has 0 saturated heterocycles. The summed E-state index contributed by atoms with van der Waals surface area (Å²) in [6.45, 7) is 7.19. The Balaban J connectivity index is 2.02. The van der Waals surface area contributed by atoms with Crippen molar-refractivity contribution in [1.82, 2.24) is 4.90 Å². The Kier molecular flexibility index (Phi) is 5.94. The van der Waals surface area contributed by atoms with Crippen LogP contribution in [-0.2, 0) is 14.9 Å². The van der Waals surface area contributed by atoms with E-state index < -0.39 is 23.5 Å². The number of Topliss-reactive ketones (excluding diaryl/α,β-unsaturated/α-hetero) is 1. The zero-order valence-corrected chi connectivity index (χ0v) is 17.3. The molecule has 1 atom stereocenters. The lowest BCUT2D eigenvalue weighted by Gasteiger charge is -2.27. The summed E-state index contributed by atoms with van der Waals surface area (Å²) in [6.07, 6.45) is 1.99. The molecule has 1 amide bonds. The molecule has 29 heavy (non-hydrogen) atoms. The minimum atomic E-state index is -0.675. The molecule has 1 aliphatic heterocycles. The summed E-state index contributed by atoms with van der Waals surface area (Å²) >= 11 is 0. The van der Waals surface area contributed by atoms with Crippen molar-refractivity contribution >= 4 is 11.7 Å². The van der Waals surface area contributed by atoms with E-state index in [1.54, 1.807) is 13.2 Å². The van der Waals surface area contributed by atoms with E-state index in [9.17, 15) is 14.7 Å². The molecule has 2 heterocycles. The molecule has 0 aliphatic carbocycles. The fraction of sp³-hybridized carbons (Fsp3) is 0.391. The zero-order valence-electron chi connectivity index (χ0n) is 17.3. The van der Waals surface area contributed by atoms with Crippen LogP contribution in [0.25, 0.3) is 0 Å². The fourth-order valence-electron chi connectivity index (χ4n) is 3.55. The number of amides is 1. The topological polar surface area (TPSA) is 80.0 Å². The first-order valence-corrected chi connectivity index (χ1v) is 9.67. The van der Waals surface area contributed by atoms with Gasteiger partial charge in [0, 0.05) is 20.3 Å². The predicted molar refractivity (Wildman–Crippen MR) is 109 cm³/mol. The number of benzene rings is 1. The number of furan rings is 1. The average molecular weight is 397 g/mol. The molecule has 0 bridgehead atoms. The van der Waals surface area contributed by atoms with Gasteiger partial charge in [-0.3, -0.25) is 9.59 Å². The lowest BCUT2D eigenvalue weighted by Crippen LogP contribution is -2.32. The minimum absolute atomic E-state index is 0.0209. The van der Waals surface area contributed by atoms with Crippen molar-refractivity contribution in [3.63, 3.8) is 0 Å². The molecule has 3 rings (SSSR count). The summed E-state index contributed by atoms with van der Waals surface area (Å²) in [7, 11) is 1.59. The average Bonchev–Trinajstić information content (AvgIpc) is 3.30. The standard InChI is InChI=1S/C23H27NO5/c1-23(2,3)16-10-8-15(9-11-16)19-18(20(25)17-7-5-14-29-17)21(26)22(27)24(19)12-6-13-28-4/h5,7-11,14,19,26H,6,12-13H2,1-4H3/t19-/m1/s1. The van der Waals surface area contributed by atoms with Gasteiger partial charge in [0.1, 0.15) is 0 Å². The molecular formula is C23H27NO5. The number of carbonyl (C=O) groups excluding carboxylic acids is 2. The monoisotopic (exact) mass is 397 g/mol. The highest BCUT2D eigenvalue weighted by molar-refractivity contribution is 6.15. The van der Waals surface area contributed by atoms with Crippen LogP contribution in [0.2, 0.25) is 0 Å².